The second-order valence-corrected chi connectivity index (χ2v) is 10.9. The van der Waals surface area contributed by atoms with E-state index in [-0.39, 0.29) is 28.9 Å². The Hall–Kier alpha value is -2.92. The van der Waals surface area contributed by atoms with Gasteiger partial charge in [0.15, 0.2) is 17.5 Å². The molecule has 0 aliphatic carbocycles. The second-order valence-electron chi connectivity index (χ2n) is 9.70. The summed E-state index contributed by atoms with van der Waals surface area (Å²) in [7, 11) is 1.48. The molecule has 4 rings (SSSR count). The Kier molecular flexibility index (Phi) is 9.32. The predicted molar refractivity (Wildman–Crippen MR) is 139 cm³/mol. The average molecular weight is 569 g/mol. The normalized spacial score (nSPS) is 16.4. The summed E-state index contributed by atoms with van der Waals surface area (Å²) in [5.41, 5.74) is -0.324. The molecule has 1 unspecified atom stereocenters. The third-order valence-electron chi connectivity index (χ3n) is 7.43. The zero-order valence-corrected chi connectivity index (χ0v) is 22.2. The number of pyridine rings is 1. The summed E-state index contributed by atoms with van der Waals surface area (Å²) in [6.45, 7) is 0.559. The lowest BCUT2D eigenvalue weighted by molar-refractivity contribution is -0.153. The molecule has 0 spiro atoms. The highest BCUT2D eigenvalue weighted by molar-refractivity contribution is 7.99. The van der Waals surface area contributed by atoms with E-state index in [1.54, 1.807) is 18.2 Å². The molecule has 11 heteroatoms. The molecule has 0 radical (unpaired) electrons. The molecule has 0 bridgehead atoms. The molecular weight excluding hydrogens is 539 g/mol. The number of piperidine rings is 1. The van der Waals surface area contributed by atoms with E-state index >= 15 is 4.39 Å². The molecule has 1 N–H and O–H groups in total. The monoisotopic (exact) mass is 568 g/mol. The van der Waals surface area contributed by atoms with Crippen LogP contribution in [0.1, 0.15) is 43.0 Å². The molecule has 1 fully saturated rings. The van der Waals surface area contributed by atoms with Crippen LogP contribution in [0.15, 0.2) is 41.4 Å². The van der Waals surface area contributed by atoms with Crippen molar-refractivity contribution >= 4 is 28.6 Å². The minimum absolute atomic E-state index is 0.0831. The standard InChI is InChI=1S/C28H29F5N2O3S/c1-38-18-2-3-24-20(12-18)25(17(15-29)16-34-24)21(30)4-5-28(27(36)37)6-8-35(9-7-28)10-11-39-19-13-22(31)26(33)23(32)14-19/h2-3,12-14,16,21H,4-11,15H2,1H3,(H,36,37). The van der Waals surface area contributed by atoms with Crippen molar-refractivity contribution < 1.29 is 36.6 Å². The largest absolute Gasteiger partial charge is 0.497 e. The highest BCUT2D eigenvalue weighted by Crippen LogP contribution is 2.41. The first-order valence-electron chi connectivity index (χ1n) is 12.6. The lowest BCUT2D eigenvalue weighted by Gasteiger charge is -2.39. The van der Waals surface area contributed by atoms with Crippen LogP contribution in [-0.2, 0) is 11.5 Å². The topological polar surface area (TPSA) is 62.7 Å². The summed E-state index contributed by atoms with van der Waals surface area (Å²) in [6, 6.07) is 6.85. The van der Waals surface area contributed by atoms with Gasteiger partial charge in [-0.2, -0.15) is 0 Å². The highest BCUT2D eigenvalue weighted by atomic mass is 32.2. The average Bonchev–Trinajstić information content (AvgIpc) is 2.94. The molecule has 1 aliphatic rings. The van der Waals surface area contributed by atoms with Gasteiger partial charge in [0.25, 0.3) is 0 Å². The third-order valence-corrected chi connectivity index (χ3v) is 8.39. The maximum atomic E-state index is 15.7. The number of nitrogens with zero attached hydrogens (tertiary/aromatic N) is 2. The van der Waals surface area contributed by atoms with E-state index in [0.29, 0.717) is 54.9 Å². The number of carboxylic acid groups (broad SMARTS) is 1. The Labute approximate surface area is 227 Å². The lowest BCUT2D eigenvalue weighted by atomic mass is 9.74. The maximum absolute atomic E-state index is 15.7. The first kappa shape index (κ1) is 29.1. The van der Waals surface area contributed by atoms with Crippen molar-refractivity contribution in [2.24, 2.45) is 5.41 Å². The number of fused-ring (bicyclic) bond motifs is 1. The number of ether oxygens (including phenoxy) is 1. The van der Waals surface area contributed by atoms with Crippen LogP contribution in [-0.4, -0.2) is 53.5 Å². The van der Waals surface area contributed by atoms with Gasteiger partial charge in [-0.15, -0.1) is 11.8 Å². The molecule has 1 aliphatic heterocycles. The van der Waals surface area contributed by atoms with Gasteiger partial charge in [-0.1, -0.05) is 0 Å². The van der Waals surface area contributed by atoms with Crippen molar-refractivity contribution in [2.45, 2.75) is 43.4 Å². The number of aliphatic carboxylic acids is 1. The fourth-order valence-corrected chi connectivity index (χ4v) is 6.03. The smallest absolute Gasteiger partial charge is 0.309 e. The lowest BCUT2D eigenvalue weighted by Crippen LogP contribution is -2.45. The van der Waals surface area contributed by atoms with Crippen molar-refractivity contribution in [2.75, 3.05) is 32.5 Å². The van der Waals surface area contributed by atoms with E-state index in [1.165, 1.54) is 25.1 Å². The van der Waals surface area contributed by atoms with Crippen LogP contribution in [0.3, 0.4) is 0 Å². The van der Waals surface area contributed by atoms with E-state index in [9.17, 15) is 27.5 Å². The number of benzene rings is 2. The number of rotatable bonds is 11. The number of thioether (sulfide) groups is 1. The molecular formula is C28H29F5N2O3S. The second kappa shape index (κ2) is 12.5. The van der Waals surface area contributed by atoms with Gasteiger partial charge in [-0.25, -0.2) is 22.0 Å². The third kappa shape index (κ3) is 6.46. The van der Waals surface area contributed by atoms with Crippen LogP contribution < -0.4 is 4.74 Å². The Morgan fingerprint density at radius 2 is 1.87 bits per heavy atom. The SMILES string of the molecule is COc1ccc2ncc(CF)c(C(F)CCC3(C(=O)O)CCN(CCSc4cc(F)c(F)c(F)c4)CC3)c2c1. The van der Waals surface area contributed by atoms with Crippen molar-refractivity contribution in [3.05, 3.63) is 65.1 Å². The van der Waals surface area contributed by atoms with Gasteiger partial charge < -0.3 is 14.7 Å². The van der Waals surface area contributed by atoms with Gasteiger partial charge >= 0.3 is 5.97 Å². The number of likely N-dealkylation sites (tertiary alicyclic amines) is 1. The van der Waals surface area contributed by atoms with Crippen molar-refractivity contribution in [3.8, 4) is 5.75 Å². The molecule has 1 saturated heterocycles. The summed E-state index contributed by atoms with van der Waals surface area (Å²) >= 11 is 1.18. The summed E-state index contributed by atoms with van der Waals surface area (Å²) in [5, 5.41) is 10.5. The number of hydrogen-bond acceptors (Lipinski definition) is 5. The fourth-order valence-electron chi connectivity index (χ4n) is 5.07. The molecule has 0 saturated carbocycles. The predicted octanol–water partition coefficient (Wildman–Crippen LogP) is 6.88. The van der Waals surface area contributed by atoms with Gasteiger partial charge in [0.05, 0.1) is 18.0 Å². The Bertz CT molecular complexity index is 1310. The molecule has 39 heavy (non-hydrogen) atoms. The zero-order chi connectivity index (χ0) is 28.2. The van der Waals surface area contributed by atoms with Gasteiger partial charge in [0.2, 0.25) is 0 Å². The van der Waals surface area contributed by atoms with Crippen LogP contribution >= 0.6 is 11.8 Å². The van der Waals surface area contributed by atoms with Crippen LogP contribution in [0.4, 0.5) is 22.0 Å². The molecule has 2 heterocycles. The van der Waals surface area contributed by atoms with Crippen LogP contribution in [0.2, 0.25) is 0 Å². The number of carboxylic acids is 1. The molecule has 210 valence electrons. The summed E-state index contributed by atoms with van der Waals surface area (Å²) < 4.78 is 74.7. The Balaban J connectivity index is 1.38. The maximum Gasteiger partial charge on any atom is 0.309 e. The van der Waals surface area contributed by atoms with Gasteiger partial charge in [-0.3, -0.25) is 9.78 Å². The van der Waals surface area contributed by atoms with Gasteiger partial charge in [0, 0.05) is 39.9 Å². The van der Waals surface area contributed by atoms with Crippen LogP contribution in [0.25, 0.3) is 10.9 Å². The summed E-state index contributed by atoms with van der Waals surface area (Å²) in [5.74, 6) is -4.03. The van der Waals surface area contributed by atoms with E-state index < -0.39 is 41.7 Å². The number of methoxy groups -OCH3 is 1. The van der Waals surface area contributed by atoms with Crippen molar-refractivity contribution in [1.82, 2.24) is 9.88 Å². The summed E-state index contributed by atoms with van der Waals surface area (Å²) in [4.78, 5) is 18.8. The van der Waals surface area contributed by atoms with E-state index in [0.717, 1.165) is 12.1 Å². The molecule has 2 aromatic carbocycles. The highest BCUT2D eigenvalue weighted by Gasteiger charge is 2.41. The molecule has 1 aromatic heterocycles. The minimum atomic E-state index is -1.59. The summed E-state index contributed by atoms with van der Waals surface area (Å²) in [6.07, 6.45) is 0.332. The number of halogens is 5. The Morgan fingerprint density at radius 3 is 2.49 bits per heavy atom. The Morgan fingerprint density at radius 1 is 1.18 bits per heavy atom. The van der Waals surface area contributed by atoms with Gasteiger partial charge in [-0.05, 0) is 69.1 Å². The first-order valence-corrected chi connectivity index (χ1v) is 13.5. The van der Waals surface area contributed by atoms with Crippen LogP contribution in [0.5, 0.6) is 5.75 Å². The van der Waals surface area contributed by atoms with Crippen molar-refractivity contribution in [1.29, 1.82) is 0 Å². The van der Waals surface area contributed by atoms with E-state index in [2.05, 4.69) is 4.98 Å². The molecule has 3 aromatic rings. The van der Waals surface area contributed by atoms with E-state index in [4.69, 9.17) is 4.74 Å². The molecule has 5 nitrogen and oxygen atoms in total. The van der Waals surface area contributed by atoms with Gasteiger partial charge in [0.1, 0.15) is 18.6 Å². The molecule has 0 amide bonds. The number of hydrogen-bond donors (Lipinski definition) is 1. The number of alkyl halides is 2. The minimum Gasteiger partial charge on any atom is -0.497 e. The first-order chi connectivity index (χ1) is 18.7. The van der Waals surface area contributed by atoms with Crippen molar-refractivity contribution in [3.63, 3.8) is 0 Å². The number of carbonyl (C=O) groups is 1. The van der Waals surface area contributed by atoms with Crippen LogP contribution in [0, 0.1) is 22.9 Å². The zero-order valence-electron chi connectivity index (χ0n) is 21.4. The quantitative estimate of drug-likeness (QED) is 0.155. The molecule has 1 atom stereocenters. The number of aromatic nitrogens is 1. The van der Waals surface area contributed by atoms with E-state index in [1.807, 2.05) is 4.90 Å². The fraction of sp³-hybridized carbons (Fsp3) is 0.429.